The van der Waals surface area contributed by atoms with Crippen LogP contribution in [0.25, 0.3) is 0 Å². The molecule has 1 saturated heterocycles. The highest BCUT2D eigenvalue weighted by Gasteiger charge is 2.26. The molecule has 1 aliphatic rings. The summed E-state index contributed by atoms with van der Waals surface area (Å²) in [6, 6.07) is 0. The van der Waals surface area contributed by atoms with Crippen molar-refractivity contribution in [2.45, 2.75) is 12.8 Å². The summed E-state index contributed by atoms with van der Waals surface area (Å²) in [5.74, 6) is 2.58. The molecule has 0 N–H and O–H groups in total. The zero-order chi connectivity index (χ0) is 7.56. The fraction of sp³-hybridized carbons (Fsp3) is 0.833. The molecule has 1 rings (SSSR count). The Morgan fingerprint density at radius 3 is 2.50 bits per heavy atom. The second kappa shape index (κ2) is 3.90. The van der Waals surface area contributed by atoms with Gasteiger partial charge in [0.25, 0.3) is 6.43 Å². The van der Waals surface area contributed by atoms with Gasteiger partial charge in [0.1, 0.15) is 4.83 Å². The van der Waals surface area contributed by atoms with Crippen LogP contribution in [0.2, 0.25) is 0 Å². The quantitative estimate of drug-likeness (QED) is 0.718. The molecule has 0 saturated carbocycles. The molecular formula is C6H8BrF2S. The standard InChI is InChI=1S/C6H8BrF2S/c7-5(6(8)9)1-4-2-10-3-4/h4,6H,1-3H2. The van der Waals surface area contributed by atoms with Gasteiger partial charge < -0.3 is 0 Å². The van der Waals surface area contributed by atoms with Crippen molar-refractivity contribution in [3.8, 4) is 0 Å². The summed E-state index contributed by atoms with van der Waals surface area (Å²) in [6.45, 7) is 0. The van der Waals surface area contributed by atoms with Crippen molar-refractivity contribution in [1.82, 2.24) is 0 Å². The number of thioether (sulfide) groups is 1. The van der Waals surface area contributed by atoms with Crippen molar-refractivity contribution >= 4 is 27.7 Å². The largest absolute Gasteiger partial charge is 0.255 e. The van der Waals surface area contributed by atoms with E-state index in [2.05, 4.69) is 15.9 Å². The molecule has 0 unspecified atom stereocenters. The van der Waals surface area contributed by atoms with Crippen LogP contribution in [0.3, 0.4) is 0 Å². The van der Waals surface area contributed by atoms with Crippen LogP contribution in [-0.4, -0.2) is 17.9 Å². The minimum Gasteiger partial charge on any atom is -0.209 e. The van der Waals surface area contributed by atoms with Gasteiger partial charge in [0.05, 0.1) is 0 Å². The summed E-state index contributed by atoms with van der Waals surface area (Å²) in [5, 5.41) is 0. The fourth-order valence-electron chi connectivity index (χ4n) is 0.767. The van der Waals surface area contributed by atoms with Crippen LogP contribution in [-0.2, 0) is 0 Å². The number of halogens is 3. The lowest BCUT2D eigenvalue weighted by Crippen LogP contribution is -2.21. The third-order valence-corrected chi connectivity index (χ3v) is 3.51. The maximum Gasteiger partial charge on any atom is 0.255 e. The predicted molar refractivity (Wildman–Crippen MR) is 43.6 cm³/mol. The molecule has 0 aromatic rings. The topological polar surface area (TPSA) is 0 Å². The van der Waals surface area contributed by atoms with E-state index in [-0.39, 0.29) is 4.83 Å². The SMILES string of the molecule is FC(F)[C](Br)CC1CSC1. The van der Waals surface area contributed by atoms with Crippen LogP contribution in [0.4, 0.5) is 8.78 Å². The lowest BCUT2D eigenvalue weighted by molar-refractivity contribution is 0.171. The molecule has 10 heavy (non-hydrogen) atoms. The summed E-state index contributed by atoms with van der Waals surface area (Å²) >= 11 is 4.69. The second-order valence-corrected chi connectivity index (χ2v) is 4.45. The van der Waals surface area contributed by atoms with Crippen LogP contribution in [0, 0.1) is 10.7 Å². The molecule has 0 atom stereocenters. The smallest absolute Gasteiger partial charge is 0.209 e. The van der Waals surface area contributed by atoms with E-state index in [1.54, 1.807) is 0 Å². The molecule has 1 aliphatic heterocycles. The van der Waals surface area contributed by atoms with E-state index in [4.69, 9.17) is 0 Å². The van der Waals surface area contributed by atoms with Gasteiger partial charge in [-0.1, -0.05) is 15.9 Å². The predicted octanol–water partition coefficient (Wildman–Crippen LogP) is 2.93. The molecule has 0 aliphatic carbocycles. The monoisotopic (exact) mass is 229 g/mol. The highest BCUT2D eigenvalue weighted by Crippen LogP contribution is 2.35. The highest BCUT2D eigenvalue weighted by atomic mass is 79.9. The van der Waals surface area contributed by atoms with Crippen molar-refractivity contribution in [2.24, 2.45) is 5.92 Å². The van der Waals surface area contributed by atoms with Gasteiger partial charge in [0.15, 0.2) is 0 Å². The molecule has 0 nitrogen and oxygen atoms in total. The number of alkyl halides is 2. The van der Waals surface area contributed by atoms with Gasteiger partial charge in [-0.2, -0.15) is 11.8 Å². The number of hydrogen-bond donors (Lipinski definition) is 0. The maximum absolute atomic E-state index is 11.9. The molecule has 4 heteroatoms. The first-order valence-electron chi connectivity index (χ1n) is 3.07. The number of hydrogen-bond acceptors (Lipinski definition) is 1. The van der Waals surface area contributed by atoms with E-state index in [1.165, 1.54) is 0 Å². The molecule has 0 amide bonds. The number of rotatable bonds is 3. The van der Waals surface area contributed by atoms with E-state index >= 15 is 0 Å². The van der Waals surface area contributed by atoms with Crippen LogP contribution >= 0.6 is 27.7 Å². The van der Waals surface area contributed by atoms with Crippen molar-refractivity contribution in [1.29, 1.82) is 0 Å². The van der Waals surface area contributed by atoms with Gasteiger partial charge in [-0.05, 0) is 23.8 Å². The van der Waals surface area contributed by atoms with Crippen LogP contribution in [0.15, 0.2) is 0 Å². The first kappa shape index (κ1) is 8.78. The summed E-state index contributed by atoms with van der Waals surface area (Å²) in [4.78, 5) is 0.165. The van der Waals surface area contributed by atoms with E-state index in [9.17, 15) is 8.78 Å². The average molecular weight is 230 g/mol. The van der Waals surface area contributed by atoms with Gasteiger partial charge in [-0.25, -0.2) is 8.78 Å². The summed E-state index contributed by atoms with van der Waals surface area (Å²) in [6.07, 6.45) is -1.74. The first-order chi connectivity index (χ1) is 4.70. The third-order valence-electron chi connectivity index (χ3n) is 1.43. The van der Waals surface area contributed by atoms with Crippen molar-refractivity contribution in [3.05, 3.63) is 4.83 Å². The molecule has 0 spiro atoms. The van der Waals surface area contributed by atoms with E-state index in [0.717, 1.165) is 11.5 Å². The maximum atomic E-state index is 11.9. The van der Waals surface area contributed by atoms with Gasteiger partial charge in [0.2, 0.25) is 0 Å². The van der Waals surface area contributed by atoms with Crippen LogP contribution in [0.1, 0.15) is 6.42 Å². The molecular weight excluding hydrogens is 222 g/mol. The summed E-state index contributed by atoms with van der Waals surface area (Å²) in [7, 11) is 0. The van der Waals surface area contributed by atoms with Gasteiger partial charge in [0, 0.05) is 0 Å². The zero-order valence-corrected chi connectivity index (χ0v) is 7.72. The molecule has 0 aromatic carbocycles. The molecule has 1 heterocycles. The van der Waals surface area contributed by atoms with E-state index < -0.39 is 6.43 Å². The highest BCUT2D eigenvalue weighted by molar-refractivity contribution is 9.11. The second-order valence-electron chi connectivity index (χ2n) is 2.36. The lowest BCUT2D eigenvalue weighted by atomic mass is 10.1. The summed E-state index contributed by atoms with van der Waals surface area (Å²) < 4.78 is 23.7. The van der Waals surface area contributed by atoms with Crippen molar-refractivity contribution in [2.75, 3.05) is 11.5 Å². The molecule has 1 radical (unpaired) electrons. The van der Waals surface area contributed by atoms with Crippen molar-refractivity contribution in [3.63, 3.8) is 0 Å². The van der Waals surface area contributed by atoms with Crippen molar-refractivity contribution < 1.29 is 8.78 Å². The molecule has 0 bridgehead atoms. The Bertz CT molecular complexity index is 106. The Kier molecular flexibility index (Phi) is 3.43. The molecule has 0 aromatic heterocycles. The Labute approximate surface area is 71.9 Å². The zero-order valence-electron chi connectivity index (χ0n) is 5.32. The lowest BCUT2D eigenvalue weighted by Gasteiger charge is -2.26. The summed E-state index contributed by atoms with van der Waals surface area (Å²) in [5.41, 5.74) is 0. The third kappa shape index (κ3) is 2.38. The minimum absolute atomic E-state index is 0.165. The normalized spacial score (nSPS) is 20.1. The minimum atomic E-state index is -2.29. The molecule has 1 fully saturated rings. The Morgan fingerprint density at radius 1 is 1.60 bits per heavy atom. The van der Waals surface area contributed by atoms with Crippen LogP contribution in [0.5, 0.6) is 0 Å². The Morgan fingerprint density at radius 2 is 2.20 bits per heavy atom. The fourth-order valence-corrected chi connectivity index (χ4v) is 2.03. The Balaban J connectivity index is 2.10. The van der Waals surface area contributed by atoms with Gasteiger partial charge >= 0.3 is 0 Å². The molecule has 59 valence electrons. The van der Waals surface area contributed by atoms with E-state index in [1.807, 2.05) is 11.8 Å². The first-order valence-corrected chi connectivity index (χ1v) is 5.02. The Hall–Kier alpha value is 0.690. The van der Waals surface area contributed by atoms with Crippen LogP contribution < -0.4 is 0 Å². The van der Waals surface area contributed by atoms with E-state index in [0.29, 0.717) is 12.3 Å². The average Bonchev–Trinajstić information content (AvgIpc) is 1.77. The van der Waals surface area contributed by atoms with Gasteiger partial charge in [-0.3, -0.25) is 0 Å². The van der Waals surface area contributed by atoms with Gasteiger partial charge in [-0.15, -0.1) is 0 Å².